The minimum Gasteiger partial charge on any atom is -0.333 e. The van der Waals surface area contributed by atoms with Gasteiger partial charge in [0.2, 0.25) is 11.8 Å². The summed E-state index contributed by atoms with van der Waals surface area (Å²) in [5.74, 6) is -1.72. The van der Waals surface area contributed by atoms with Crippen LogP contribution < -0.4 is 5.32 Å². The summed E-state index contributed by atoms with van der Waals surface area (Å²) in [4.78, 5) is 25.9. The number of alkyl halides is 3. The maximum Gasteiger partial charge on any atom is 0.418 e. The van der Waals surface area contributed by atoms with Gasteiger partial charge in [-0.3, -0.25) is 9.59 Å². The van der Waals surface area contributed by atoms with Crippen LogP contribution in [-0.2, 0) is 15.8 Å². The van der Waals surface area contributed by atoms with Gasteiger partial charge in [0.05, 0.1) is 23.5 Å². The van der Waals surface area contributed by atoms with Crippen LogP contribution in [0.4, 0.5) is 23.2 Å². The number of nitrogens with zero attached hydrogens (tertiary/aromatic N) is 1. The van der Waals surface area contributed by atoms with Crippen molar-refractivity contribution in [3.8, 4) is 0 Å². The molecule has 0 aliphatic rings. The fraction of sp³-hybridized carbons (Fsp3) is 0.263. The van der Waals surface area contributed by atoms with E-state index < -0.39 is 35.9 Å². The molecular weight excluding hydrogens is 396 g/mol. The molecule has 0 aliphatic carbocycles. The Morgan fingerprint density at radius 1 is 1.07 bits per heavy atom. The molecule has 0 bridgehead atoms. The number of likely N-dealkylation sites (N-methyl/N-ethyl adjacent to an activating group) is 1. The van der Waals surface area contributed by atoms with Crippen molar-refractivity contribution in [1.82, 2.24) is 4.90 Å². The maximum atomic E-state index is 13.6. The van der Waals surface area contributed by atoms with E-state index in [1.807, 2.05) is 0 Å². The number of amides is 2. The molecule has 2 aromatic rings. The zero-order chi connectivity index (χ0) is 20.7. The molecule has 0 unspecified atom stereocenters. The second kappa shape index (κ2) is 9.59. The van der Waals surface area contributed by atoms with E-state index in [1.54, 1.807) is 13.0 Å². The number of nitrogens with one attached hydrogen (secondary N) is 1. The molecule has 0 atom stereocenters. The number of anilines is 1. The second-order valence-corrected chi connectivity index (χ2v) is 6.74. The van der Waals surface area contributed by atoms with Crippen molar-refractivity contribution in [2.24, 2.45) is 0 Å². The normalized spacial score (nSPS) is 11.2. The standard InChI is InChI=1S/C19H18F4N2O2S/c1-2-25(18(27)12-28-16-10-6-4-8-14(16)20)11-17(26)24-15-9-5-3-7-13(15)19(21,22)23/h3-10H,2,11-12H2,1H3,(H,24,26). The third-order valence-corrected chi connectivity index (χ3v) is 4.80. The van der Waals surface area contributed by atoms with Gasteiger partial charge in [0, 0.05) is 11.4 Å². The summed E-state index contributed by atoms with van der Waals surface area (Å²) in [5, 5.41) is 2.20. The van der Waals surface area contributed by atoms with Crippen molar-refractivity contribution in [2.45, 2.75) is 18.0 Å². The highest BCUT2D eigenvalue weighted by atomic mass is 32.2. The molecule has 4 nitrogen and oxygen atoms in total. The van der Waals surface area contributed by atoms with Crippen LogP contribution in [0.2, 0.25) is 0 Å². The molecule has 0 saturated carbocycles. The number of hydrogen-bond acceptors (Lipinski definition) is 3. The van der Waals surface area contributed by atoms with Crippen LogP contribution in [0.15, 0.2) is 53.4 Å². The topological polar surface area (TPSA) is 49.4 Å². The summed E-state index contributed by atoms with van der Waals surface area (Å²) in [6.07, 6.45) is -4.61. The first-order chi connectivity index (χ1) is 13.2. The molecule has 2 rings (SSSR count). The lowest BCUT2D eigenvalue weighted by Crippen LogP contribution is -2.39. The Labute approximate surface area is 163 Å². The largest absolute Gasteiger partial charge is 0.418 e. The quantitative estimate of drug-likeness (QED) is 0.539. The van der Waals surface area contributed by atoms with E-state index in [9.17, 15) is 27.2 Å². The van der Waals surface area contributed by atoms with Gasteiger partial charge in [0.15, 0.2) is 0 Å². The fourth-order valence-electron chi connectivity index (χ4n) is 2.37. The van der Waals surface area contributed by atoms with Gasteiger partial charge >= 0.3 is 6.18 Å². The van der Waals surface area contributed by atoms with E-state index in [2.05, 4.69) is 5.32 Å². The molecule has 150 valence electrons. The summed E-state index contributed by atoms with van der Waals surface area (Å²) < 4.78 is 52.6. The number of para-hydroxylation sites is 1. The third-order valence-electron chi connectivity index (χ3n) is 3.76. The summed E-state index contributed by atoms with van der Waals surface area (Å²) in [5.41, 5.74) is -1.34. The zero-order valence-corrected chi connectivity index (χ0v) is 15.7. The lowest BCUT2D eigenvalue weighted by molar-refractivity contribution is -0.137. The molecular formula is C19H18F4N2O2S. The maximum absolute atomic E-state index is 13.6. The Hall–Kier alpha value is -2.55. The molecule has 28 heavy (non-hydrogen) atoms. The van der Waals surface area contributed by atoms with Gasteiger partial charge < -0.3 is 10.2 Å². The van der Waals surface area contributed by atoms with E-state index in [-0.39, 0.29) is 18.0 Å². The van der Waals surface area contributed by atoms with E-state index in [4.69, 9.17) is 0 Å². The van der Waals surface area contributed by atoms with Gasteiger partial charge in [-0.25, -0.2) is 4.39 Å². The molecule has 1 N–H and O–H groups in total. The Morgan fingerprint density at radius 2 is 1.71 bits per heavy atom. The Kier molecular flexibility index (Phi) is 7.45. The van der Waals surface area contributed by atoms with Crippen molar-refractivity contribution in [3.05, 3.63) is 59.9 Å². The summed E-state index contributed by atoms with van der Waals surface area (Å²) in [7, 11) is 0. The van der Waals surface area contributed by atoms with Gasteiger partial charge in [0.25, 0.3) is 0 Å². The first kappa shape index (κ1) is 21.7. The summed E-state index contributed by atoms with van der Waals surface area (Å²) in [6, 6.07) is 10.6. The van der Waals surface area contributed by atoms with Crippen molar-refractivity contribution < 1.29 is 27.2 Å². The van der Waals surface area contributed by atoms with Crippen LogP contribution in [0.3, 0.4) is 0 Å². The molecule has 0 aliphatic heterocycles. The molecule has 0 fully saturated rings. The first-order valence-electron chi connectivity index (χ1n) is 8.33. The predicted octanol–water partition coefficient (Wildman–Crippen LogP) is 4.42. The molecule has 0 spiro atoms. The summed E-state index contributed by atoms with van der Waals surface area (Å²) in [6.45, 7) is 1.42. The average molecular weight is 414 g/mol. The zero-order valence-electron chi connectivity index (χ0n) is 14.9. The summed E-state index contributed by atoms with van der Waals surface area (Å²) >= 11 is 0.989. The smallest absolute Gasteiger partial charge is 0.333 e. The molecule has 2 aromatic carbocycles. The van der Waals surface area contributed by atoms with E-state index in [0.717, 1.165) is 23.9 Å². The number of halogens is 4. The van der Waals surface area contributed by atoms with Crippen molar-refractivity contribution in [3.63, 3.8) is 0 Å². The van der Waals surface area contributed by atoms with Crippen LogP contribution in [0.5, 0.6) is 0 Å². The van der Waals surface area contributed by atoms with Gasteiger partial charge in [-0.1, -0.05) is 24.3 Å². The number of thioether (sulfide) groups is 1. The van der Waals surface area contributed by atoms with E-state index in [1.165, 1.54) is 35.2 Å². The number of benzene rings is 2. The van der Waals surface area contributed by atoms with Crippen molar-refractivity contribution >= 4 is 29.3 Å². The SMILES string of the molecule is CCN(CC(=O)Nc1ccccc1C(F)(F)F)C(=O)CSc1ccccc1F. The van der Waals surface area contributed by atoms with Crippen molar-refractivity contribution in [2.75, 3.05) is 24.2 Å². The van der Waals surface area contributed by atoms with Gasteiger partial charge in [-0.2, -0.15) is 13.2 Å². The Bertz CT molecular complexity index is 843. The molecule has 0 aromatic heterocycles. The number of rotatable bonds is 7. The van der Waals surface area contributed by atoms with Crippen LogP contribution in [0.25, 0.3) is 0 Å². The minimum atomic E-state index is -4.61. The Balaban J connectivity index is 1.98. The number of carbonyl (C=O) groups excluding carboxylic acids is 2. The molecule has 0 saturated heterocycles. The lowest BCUT2D eigenvalue weighted by Gasteiger charge is -2.21. The van der Waals surface area contributed by atoms with Gasteiger partial charge in [-0.05, 0) is 31.2 Å². The second-order valence-electron chi connectivity index (χ2n) is 5.72. The van der Waals surface area contributed by atoms with Crippen LogP contribution in [0.1, 0.15) is 12.5 Å². The number of hydrogen-bond donors (Lipinski definition) is 1. The third kappa shape index (κ3) is 5.98. The van der Waals surface area contributed by atoms with Crippen molar-refractivity contribution in [1.29, 1.82) is 0 Å². The predicted molar refractivity (Wildman–Crippen MR) is 99.5 cm³/mol. The molecule has 2 amide bonds. The van der Waals surface area contributed by atoms with Gasteiger partial charge in [0.1, 0.15) is 5.82 Å². The minimum absolute atomic E-state index is 0.0960. The lowest BCUT2D eigenvalue weighted by atomic mass is 10.1. The Morgan fingerprint density at radius 3 is 2.36 bits per heavy atom. The van der Waals surface area contributed by atoms with Crippen LogP contribution >= 0.6 is 11.8 Å². The van der Waals surface area contributed by atoms with Crippen LogP contribution in [0, 0.1) is 5.82 Å². The number of carbonyl (C=O) groups is 2. The van der Waals surface area contributed by atoms with E-state index in [0.29, 0.717) is 4.90 Å². The fourth-order valence-corrected chi connectivity index (χ4v) is 3.21. The highest BCUT2D eigenvalue weighted by Gasteiger charge is 2.33. The molecule has 0 heterocycles. The average Bonchev–Trinajstić information content (AvgIpc) is 2.64. The molecule has 0 radical (unpaired) electrons. The highest BCUT2D eigenvalue weighted by Crippen LogP contribution is 2.34. The van der Waals surface area contributed by atoms with E-state index >= 15 is 0 Å². The van der Waals surface area contributed by atoms with Gasteiger partial charge in [-0.15, -0.1) is 11.8 Å². The van der Waals surface area contributed by atoms with Crippen LogP contribution in [-0.4, -0.2) is 35.6 Å². The monoisotopic (exact) mass is 414 g/mol. The highest BCUT2D eigenvalue weighted by molar-refractivity contribution is 8.00. The molecule has 9 heteroatoms. The first-order valence-corrected chi connectivity index (χ1v) is 9.32.